The van der Waals surface area contributed by atoms with E-state index in [9.17, 15) is 35.3 Å². The van der Waals surface area contributed by atoms with Gasteiger partial charge in [0, 0.05) is 0 Å². The third kappa shape index (κ3) is 3.78. The Morgan fingerprint density at radius 1 is 1.11 bits per heavy atom. The highest BCUT2D eigenvalue weighted by Gasteiger charge is 2.31. The maximum absolute atomic E-state index is 14.0. The fraction of sp³-hybridized carbons (Fsp3) is 0.0625. The molecule has 0 aromatic heterocycles. The summed E-state index contributed by atoms with van der Waals surface area (Å²) in [6, 6.07) is 3.50. The molecule has 0 amide bonds. The highest BCUT2D eigenvalue weighted by atomic mass is 32.2. The average molecular weight is 405 g/mol. The van der Waals surface area contributed by atoms with Gasteiger partial charge >= 0.3 is 5.97 Å². The molecule has 0 bridgehead atoms. The molecule has 6 nitrogen and oxygen atoms in total. The van der Waals surface area contributed by atoms with E-state index >= 15 is 0 Å². The SMILES string of the molecule is C=Cc1ccc(Oc2c(F)c(F)c(S(=O)(=O)[O-])c(F)c2F)c(C(=O)OC)c1. The Morgan fingerprint density at radius 3 is 2.11 bits per heavy atom. The maximum atomic E-state index is 14.0. The van der Waals surface area contributed by atoms with Crippen molar-refractivity contribution in [3.63, 3.8) is 0 Å². The smallest absolute Gasteiger partial charge is 0.341 e. The Hall–Kier alpha value is -2.92. The third-order valence-corrected chi connectivity index (χ3v) is 4.15. The summed E-state index contributed by atoms with van der Waals surface area (Å²) in [5.41, 5.74) is 0.0175. The molecule has 0 unspecified atom stereocenters. The quantitative estimate of drug-likeness (QED) is 0.328. The second kappa shape index (κ2) is 7.37. The molecule has 27 heavy (non-hydrogen) atoms. The Balaban J connectivity index is 2.69. The predicted molar refractivity (Wildman–Crippen MR) is 82.2 cm³/mol. The van der Waals surface area contributed by atoms with E-state index in [1.807, 2.05) is 0 Å². The van der Waals surface area contributed by atoms with E-state index in [1.54, 1.807) is 0 Å². The Kier molecular flexibility index (Phi) is 5.56. The summed E-state index contributed by atoms with van der Waals surface area (Å²) in [4.78, 5) is 9.47. The van der Waals surface area contributed by atoms with Crippen molar-refractivity contribution in [3.05, 3.63) is 59.2 Å². The fourth-order valence-electron chi connectivity index (χ4n) is 2.04. The Morgan fingerprint density at radius 2 is 1.67 bits per heavy atom. The van der Waals surface area contributed by atoms with E-state index in [4.69, 9.17) is 4.74 Å². The lowest BCUT2D eigenvalue weighted by Crippen LogP contribution is -2.12. The number of hydrogen-bond donors (Lipinski definition) is 0. The van der Waals surface area contributed by atoms with Crippen LogP contribution in [0.25, 0.3) is 6.08 Å². The Labute approximate surface area is 150 Å². The monoisotopic (exact) mass is 405 g/mol. The van der Waals surface area contributed by atoms with Crippen LogP contribution in [0.15, 0.2) is 29.7 Å². The number of benzene rings is 2. The van der Waals surface area contributed by atoms with Gasteiger partial charge in [0.2, 0.25) is 17.4 Å². The lowest BCUT2D eigenvalue weighted by Gasteiger charge is -2.16. The molecule has 0 aliphatic rings. The van der Waals surface area contributed by atoms with E-state index in [0.717, 1.165) is 19.2 Å². The number of methoxy groups -OCH3 is 1. The summed E-state index contributed by atoms with van der Waals surface area (Å²) >= 11 is 0. The highest BCUT2D eigenvalue weighted by molar-refractivity contribution is 7.85. The summed E-state index contributed by atoms with van der Waals surface area (Å²) < 4.78 is 97.4. The number of ether oxygens (including phenoxy) is 2. The van der Waals surface area contributed by atoms with Gasteiger partial charge in [-0.05, 0) is 17.7 Å². The van der Waals surface area contributed by atoms with Crippen LogP contribution in [0.5, 0.6) is 11.5 Å². The molecule has 144 valence electrons. The lowest BCUT2D eigenvalue weighted by atomic mass is 10.1. The number of carbonyl (C=O) groups excluding carboxylic acids is 1. The minimum Gasteiger partial charge on any atom is -0.744 e. The summed E-state index contributed by atoms with van der Waals surface area (Å²) in [7, 11) is -4.85. The van der Waals surface area contributed by atoms with Gasteiger partial charge in [-0.3, -0.25) is 0 Å². The van der Waals surface area contributed by atoms with Crippen molar-refractivity contribution in [3.8, 4) is 11.5 Å². The van der Waals surface area contributed by atoms with Crippen molar-refractivity contribution in [2.75, 3.05) is 7.11 Å². The van der Waals surface area contributed by atoms with E-state index in [0.29, 0.717) is 5.56 Å². The first-order chi connectivity index (χ1) is 12.5. The molecule has 0 saturated heterocycles. The zero-order chi connectivity index (χ0) is 20.5. The van der Waals surface area contributed by atoms with Crippen molar-refractivity contribution < 1.29 is 44.8 Å². The van der Waals surface area contributed by atoms with Gasteiger partial charge in [0.05, 0.1) is 7.11 Å². The molecule has 0 aliphatic carbocycles. The van der Waals surface area contributed by atoms with E-state index in [1.165, 1.54) is 12.1 Å². The van der Waals surface area contributed by atoms with Gasteiger partial charge in [0.1, 0.15) is 26.3 Å². The molecular weight excluding hydrogens is 396 g/mol. The Bertz CT molecular complexity index is 1020. The number of carbonyl (C=O) groups is 1. The molecular formula is C16H9F4O6S-. The van der Waals surface area contributed by atoms with Gasteiger partial charge < -0.3 is 14.0 Å². The number of hydrogen-bond acceptors (Lipinski definition) is 6. The molecule has 0 atom stereocenters. The van der Waals surface area contributed by atoms with E-state index in [-0.39, 0.29) is 5.56 Å². The molecule has 0 radical (unpaired) electrons. The zero-order valence-corrected chi connectivity index (χ0v) is 14.2. The maximum Gasteiger partial charge on any atom is 0.341 e. The molecule has 2 aromatic carbocycles. The van der Waals surface area contributed by atoms with Crippen molar-refractivity contribution in [2.45, 2.75) is 4.90 Å². The summed E-state index contributed by atoms with van der Waals surface area (Å²) in [6.45, 7) is 3.46. The number of halogens is 4. The van der Waals surface area contributed by atoms with Gasteiger partial charge in [-0.2, -0.15) is 8.78 Å². The van der Waals surface area contributed by atoms with Crippen LogP contribution >= 0.6 is 0 Å². The standard InChI is InChI=1S/C16H10F4O6S/c1-3-7-4-5-9(8(6-7)16(21)25-2)26-14-10(17)12(19)15(27(22,23)24)13(20)11(14)18/h3-6H,1H2,2H3,(H,22,23,24)/p-1. The van der Waals surface area contributed by atoms with Crippen LogP contribution < -0.4 is 4.74 Å². The van der Waals surface area contributed by atoms with E-state index in [2.05, 4.69) is 11.3 Å². The lowest BCUT2D eigenvalue weighted by molar-refractivity contribution is 0.0597. The average Bonchev–Trinajstić information content (AvgIpc) is 2.62. The first kappa shape index (κ1) is 20.4. The summed E-state index contributed by atoms with van der Waals surface area (Å²) in [5, 5.41) is 0. The number of rotatable bonds is 5. The van der Waals surface area contributed by atoms with Crippen LogP contribution in [0, 0.1) is 23.3 Å². The fourth-order valence-corrected chi connectivity index (χ4v) is 2.66. The molecule has 0 aliphatic heterocycles. The first-order valence-corrected chi connectivity index (χ1v) is 8.28. The first-order valence-electron chi connectivity index (χ1n) is 6.87. The summed E-state index contributed by atoms with van der Waals surface area (Å²) in [5.74, 6) is -12.7. The van der Waals surface area contributed by atoms with Crippen molar-refractivity contribution in [1.82, 2.24) is 0 Å². The second-order valence-corrected chi connectivity index (χ2v) is 6.24. The van der Waals surface area contributed by atoms with Gasteiger partial charge in [-0.25, -0.2) is 22.0 Å². The highest BCUT2D eigenvalue weighted by Crippen LogP contribution is 2.36. The second-order valence-electron chi connectivity index (χ2n) is 4.92. The van der Waals surface area contributed by atoms with Crippen LogP contribution in [-0.4, -0.2) is 26.0 Å². The molecule has 0 spiro atoms. The number of esters is 1. The van der Waals surface area contributed by atoms with Crippen LogP contribution in [0.2, 0.25) is 0 Å². The van der Waals surface area contributed by atoms with Gasteiger partial charge in [-0.15, -0.1) is 0 Å². The van der Waals surface area contributed by atoms with Gasteiger partial charge in [-0.1, -0.05) is 18.7 Å². The van der Waals surface area contributed by atoms with Crippen LogP contribution in [-0.2, 0) is 14.9 Å². The van der Waals surface area contributed by atoms with Crippen LogP contribution in [0.4, 0.5) is 17.6 Å². The minimum absolute atomic E-state index is 0.366. The van der Waals surface area contributed by atoms with Gasteiger partial charge in [0.15, 0.2) is 11.6 Å². The van der Waals surface area contributed by atoms with Crippen molar-refractivity contribution >= 4 is 22.2 Å². The molecule has 11 heteroatoms. The topological polar surface area (TPSA) is 92.7 Å². The third-order valence-electron chi connectivity index (χ3n) is 3.29. The molecule has 0 fully saturated rings. The normalized spacial score (nSPS) is 11.2. The largest absolute Gasteiger partial charge is 0.744 e. The van der Waals surface area contributed by atoms with Crippen molar-refractivity contribution in [2.24, 2.45) is 0 Å². The molecule has 0 heterocycles. The van der Waals surface area contributed by atoms with Crippen LogP contribution in [0.1, 0.15) is 15.9 Å². The predicted octanol–water partition coefficient (Wildman–Crippen LogP) is 3.37. The molecule has 0 N–H and O–H groups in total. The minimum atomic E-state index is -5.85. The zero-order valence-electron chi connectivity index (χ0n) is 13.4. The van der Waals surface area contributed by atoms with E-state index < -0.39 is 55.8 Å². The van der Waals surface area contributed by atoms with Gasteiger partial charge in [0.25, 0.3) is 0 Å². The van der Waals surface area contributed by atoms with Crippen LogP contribution in [0.3, 0.4) is 0 Å². The van der Waals surface area contributed by atoms with Crippen molar-refractivity contribution in [1.29, 1.82) is 0 Å². The molecule has 2 aromatic rings. The summed E-state index contributed by atoms with van der Waals surface area (Å²) in [6.07, 6.45) is 1.32. The molecule has 0 saturated carbocycles. The molecule has 2 rings (SSSR count).